The molecule has 0 bridgehead atoms. The van der Waals surface area contributed by atoms with E-state index in [1.54, 1.807) is 22.5 Å². The van der Waals surface area contributed by atoms with Crippen LogP contribution < -0.4 is 16.3 Å². The van der Waals surface area contributed by atoms with Crippen molar-refractivity contribution in [2.75, 3.05) is 52.0 Å². The second-order valence-corrected chi connectivity index (χ2v) is 12.7. The number of fused-ring (bicyclic) bond motifs is 1. The van der Waals surface area contributed by atoms with Gasteiger partial charge in [-0.2, -0.15) is 10.2 Å². The quantitative estimate of drug-likeness (QED) is 0.0712. The number of amides is 2. The number of benzene rings is 1. The highest BCUT2D eigenvalue weighted by Crippen LogP contribution is 2.34. The molecule has 4 N–H and O–H groups in total. The Bertz CT molecular complexity index is 1810. The molecule has 0 spiro atoms. The first-order chi connectivity index (χ1) is 24.8. The van der Waals surface area contributed by atoms with Crippen LogP contribution in [0.1, 0.15) is 72.1 Å². The number of H-pyrrole nitrogens is 1. The van der Waals surface area contributed by atoms with Crippen LogP contribution >= 0.6 is 0 Å². The fraction of sp³-hybridized carbons (Fsp3) is 0.543. The Labute approximate surface area is 295 Å². The van der Waals surface area contributed by atoms with E-state index in [4.69, 9.17) is 14.2 Å². The molecule has 6 rings (SSSR count). The van der Waals surface area contributed by atoms with Crippen LogP contribution in [-0.2, 0) is 43.8 Å². The molecule has 3 atom stereocenters. The van der Waals surface area contributed by atoms with Crippen molar-refractivity contribution in [2.45, 2.75) is 69.6 Å². The number of imidazole rings is 1. The summed E-state index contributed by atoms with van der Waals surface area (Å²) in [6.45, 7) is 3.45. The number of nitrogens with one attached hydrogen (secondary N) is 3. The zero-order chi connectivity index (χ0) is 36.2. The number of hydrogen-bond donors (Lipinski definition) is 4. The van der Waals surface area contributed by atoms with Gasteiger partial charge in [-0.25, -0.2) is 4.79 Å². The zero-order valence-electron chi connectivity index (χ0n) is 29.2. The zero-order valence-corrected chi connectivity index (χ0v) is 29.2. The van der Waals surface area contributed by atoms with Gasteiger partial charge in [-0.15, -0.1) is 0 Å². The number of ether oxygens (including phenoxy) is 3. The maximum atomic E-state index is 13.0. The molecule has 3 unspecified atom stereocenters. The highest BCUT2D eigenvalue weighted by molar-refractivity contribution is 6.00. The number of piperidine rings is 1. The van der Waals surface area contributed by atoms with Crippen molar-refractivity contribution in [2.24, 2.45) is 7.05 Å². The molecule has 16 nitrogen and oxygen atoms in total. The maximum absolute atomic E-state index is 13.0. The molecule has 16 heteroatoms. The number of aromatic amines is 1. The van der Waals surface area contributed by atoms with E-state index in [1.807, 2.05) is 31.3 Å². The van der Waals surface area contributed by atoms with Crippen LogP contribution in [0.5, 0.6) is 0 Å². The smallest absolute Gasteiger partial charge is 0.329 e. The molecule has 2 aliphatic rings. The number of carbonyl (C=O) groups is 3. The highest BCUT2D eigenvalue weighted by Gasteiger charge is 2.31. The number of imide groups is 1. The van der Waals surface area contributed by atoms with Crippen LogP contribution in [0.15, 0.2) is 41.5 Å². The van der Waals surface area contributed by atoms with Gasteiger partial charge in [-0.05, 0) is 50.2 Å². The second-order valence-electron chi connectivity index (χ2n) is 12.7. The Hall–Kier alpha value is -4.64. The third kappa shape index (κ3) is 10.00. The average Bonchev–Trinajstić information content (AvgIpc) is 3.94. The molecular formula is C35H48N8O8. The minimum atomic E-state index is -0.694. The summed E-state index contributed by atoms with van der Waals surface area (Å²) in [6.07, 6.45) is 8.66. The van der Waals surface area contributed by atoms with E-state index >= 15 is 0 Å². The molecule has 2 amide bonds. The lowest BCUT2D eigenvalue weighted by Gasteiger charge is -2.21. The molecular weight excluding hydrogens is 660 g/mol. The Morgan fingerprint density at radius 2 is 1.80 bits per heavy atom. The van der Waals surface area contributed by atoms with Gasteiger partial charge in [0.25, 0.3) is 0 Å². The van der Waals surface area contributed by atoms with E-state index in [0.29, 0.717) is 76.0 Å². The van der Waals surface area contributed by atoms with Crippen molar-refractivity contribution in [3.05, 3.63) is 64.0 Å². The van der Waals surface area contributed by atoms with E-state index in [9.17, 15) is 24.3 Å². The van der Waals surface area contributed by atoms with Gasteiger partial charge >= 0.3 is 5.69 Å². The number of para-hydroxylation sites is 1. The number of aldehydes is 1. The SMILES string of the molecule is CNc1cc(C2CCC(O)C2)[nH]n1.Cn1c(=O)n(C2CCC(=O)NC2=O)c2cccc(CCCOCCOCCOCCn3cc(C=O)cn3)c21. The van der Waals surface area contributed by atoms with E-state index < -0.39 is 11.9 Å². The standard InChI is InChI=1S/C26H33N5O7.C9H15N3O/c1-29-24-20(4-2-6-21(24)31(26(29)35)22-7-8-23(33)28-25(22)34)5-3-10-36-12-14-38-15-13-37-11-9-30-17-19(18-32)16-27-30;1-10-9-5-8(11-12-9)6-2-3-7(13)4-6/h2,4,6,16-18,22H,3,5,7-15H2,1H3,(H,28,33,34);5-7,13H,2-4H2,1H3,(H2,10,11,12). The fourth-order valence-electron chi connectivity index (χ4n) is 6.49. The summed E-state index contributed by atoms with van der Waals surface area (Å²) in [5.74, 6) is 0.587. The predicted octanol–water partition coefficient (Wildman–Crippen LogP) is 2.09. The monoisotopic (exact) mass is 708 g/mol. The Balaban J connectivity index is 0.000000323. The number of rotatable bonds is 17. The average molecular weight is 709 g/mol. The molecule has 1 aliphatic carbocycles. The van der Waals surface area contributed by atoms with Crippen LogP contribution in [0.2, 0.25) is 0 Å². The Kier molecular flexibility index (Phi) is 13.7. The number of nitrogens with zero attached hydrogens (tertiary/aromatic N) is 5. The van der Waals surface area contributed by atoms with Crippen LogP contribution in [0.3, 0.4) is 0 Å². The number of aryl methyl sites for hydroxylation is 2. The highest BCUT2D eigenvalue weighted by atomic mass is 16.5. The van der Waals surface area contributed by atoms with Crippen molar-refractivity contribution in [1.82, 2.24) is 34.4 Å². The van der Waals surface area contributed by atoms with Gasteiger partial charge in [0.2, 0.25) is 11.8 Å². The molecule has 4 heterocycles. The van der Waals surface area contributed by atoms with E-state index in [-0.39, 0.29) is 24.1 Å². The molecule has 1 saturated carbocycles. The van der Waals surface area contributed by atoms with Crippen LogP contribution in [0.4, 0.5) is 5.82 Å². The first kappa shape index (κ1) is 37.6. The summed E-state index contributed by atoms with van der Waals surface area (Å²) in [7, 11) is 3.55. The van der Waals surface area contributed by atoms with E-state index in [2.05, 4.69) is 25.9 Å². The van der Waals surface area contributed by atoms with Crippen LogP contribution in [-0.4, -0.2) is 105 Å². The molecule has 3 aromatic heterocycles. The maximum Gasteiger partial charge on any atom is 0.329 e. The fourth-order valence-corrected chi connectivity index (χ4v) is 6.49. The van der Waals surface area contributed by atoms with Gasteiger partial charge in [-0.3, -0.25) is 38.6 Å². The summed E-state index contributed by atoms with van der Waals surface area (Å²) in [5, 5.41) is 25.8. The first-order valence-corrected chi connectivity index (χ1v) is 17.4. The van der Waals surface area contributed by atoms with E-state index in [0.717, 1.165) is 54.6 Å². The lowest BCUT2D eigenvalue weighted by Crippen LogP contribution is -2.44. The Morgan fingerprint density at radius 1 is 1.04 bits per heavy atom. The molecule has 1 saturated heterocycles. The van der Waals surface area contributed by atoms with Crippen molar-refractivity contribution in [3.8, 4) is 0 Å². The van der Waals surface area contributed by atoms with Gasteiger partial charge < -0.3 is 24.6 Å². The topological polar surface area (TPSA) is 197 Å². The number of hydrogen-bond acceptors (Lipinski definition) is 11. The van der Waals surface area contributed by atoms with Gasteiger partial charge in [-0.1, -0.05) is 12.1 Å². The van der Waals surface area contributed by atoms with Gasteiger partial charge in [0, 0.05) is 51.0 Å². The molecule has 0 radical (unpaired) electrons. The first-order valence-electron chi connectivity index (χ1n) is 17.4. The largest absolute Gasteiger partial charge is 0.393 e. The molecule has 51 heavy (non-hydrogen) atoms. The third-order valence-electron chi connectivity index (χ3n) is 9.14. The number of aromatic nitrogens is 6. The number of aliphatic hydroxyl groups is 1. The van der Waals surface area contributed by atoms with Crippen LogP contribution in [0.25, 0.3) is 11.0 Å². The summed E-state index contributed by atoms with van der Waals surface area (Å²) in [6, 6.07) is 7.02. The lowest BCUT2D eigenvalue weighted by atomic mass is 10.0. The number of anilines is 1. The summed E-state index contributed by atoms with van der Waals surface area (Å²) in [4.78, 5) is 47.6. The van der Waals surface area contributed by atoms with Crippen molar-refractivity contribution < 1.29 is 33.7 Å². The Morgan fingerprint density at radius 3 is 2.47 bits per heavy atom. The second kappa shape index (κ2) is 18.6. The predicted molar refractivity (Wildman–Crippen MR) is 188 cm³/mol. The summed E-state index contributed by atoms with van der Waals surface area (Å²) in [5.41, 5.74) is 3.90. The summed E-state index contributed by atoms with van der Waals surface area (Å²) < 4.78 is 21.4. The summed E-state index contributed by atoms with van der Waals surface area (Å²) >= 11 is 0. The molecule has 276 valence electrons. The van der Waals surface area contributed by atoms with Crippen molar-refractivity contribution >= 4 is 35.0 Å². The normalized spacial score (nSPS) is 18.8. The van der Waals surface area contributed by atoms with Gasteiger partial charge in [0.15, 0.2) is 6.29 Å². The van der Waals surface area contributed by atoms with Crippen molar-refractivity contribution in [3.63, 3.8) is 0 Å². The minimum Gasteiger partial charge on any atom is -0.393 e. The molecule has 2 fully saturated rings. The molecule has 1 aromatic carbocycles. The number of aliphatic hydroxyl groups excluding tert-OH is 1. The molecule has 1 aliphatic heterocycles. The number of carbonyl (C=O) groups excluding carboxylic acids is 3. The van der Waals surface area contributed by atoms with Crippen molar-refractivity contribution in [1.29, 1.82) is 0 Å². The van der Waals surface area contributed by atoms with E-state index in [1.165, 1.54) is 10.8 Å². The van der Waals surface area contributed by atoms with Gasteiger partial charge in [0.05, 0.1) is 68.5 Å². The van der Waals surface area contributed by atoms with Gasteiger partial charge in [0.1, 0.15) is 11.9 Å². The van der Waals surface area contributed by atoms with Crippen LogP contribution in [0, 0.1) is 0 Å². The molecule has 4 aromatic rings. The lowest BCUT2D eigenvalue weighted by molar-refractivity contribution is -0.135. The minimum absolute atomic E-state index is 0.119. The third-order valence-corrected chi connectivity index (χ3v) is 9.14.